The van der Waals surface area contributed by atoms with Crippen LogP contribution in [0.15, 0.2) is 4.52 Å². The predicted molar refractivity (Wildman–Crippen MR) is 61.8 cm³/mol. The Balaban J connectivity index is 2.64. The molecule has 0 saturated carbocycles. The highest BCUT2D eigenvalue weighted by molar-refractivity contribution is 5.20. The highest BCUT2D eigenvalue weighted by Gasteiger charge is 2.12. The molecule has 1 aromatic heterocycles. The second-order valence-corrected chi connectivity index (χ2v) is 4.08. The van der Waals surface area contributed by atoms with Gasteiger partial charge in [-0.05, 0) is 39.8 Å². The molecular weight excluding hydrogens is 188 g/mol. The fraction of sp³-hybridized carbons (Fsp3) is 0.750. The lowest BCUT2D eigenvalue weighted by Crippen LogP contribution is -2.25. The second kappa shape index (κ2) is 5.91. The molecule has 1 heterocycles. The van der Waals surface area contributed by atoms with Crippen molar-refractivity contribution in [2.45, 2.75) is 47.1 Å². The number of rotatable bonds is 6. The molecule has 0 aliphatic heterocycles. The molecule has 0 aliphatic rings. The van der Waals surface area contributed by atoms with Crippen molar-refractivity contribution in [1.29, 1.82) is 0 Å². The summed E-state index contributed by atoms with van der Waals surface area (Å²) in [5, 5.41) is 3.99. The Hall–Kier alpha value is -0.830. The Labute approximate surface area is 92.4 Å². The van der Waals surface area contributed by atoms with Crippen LogP contribution in [0.3, 0.4) is 0 Å². The van der Waals surface area contributed by atoms with E-state index in [9.17, 15) is 0 Å². The van der Waals surface area contributed by atoms with Crippen LogP contribution in [-0.2, 0) is 6.54 Å². The third kappa shape index (κ3) is 3.34. The summed E-state index contributed by atoms with van der Waals surface area (Å²) >= 11 is 0. The lowest BCUT2D eigenvalue weighted by molar-refractivity contribution is 0.264. The van der Waals surface area contributed by atoms with Crippen molar-refractivity contribution in [3.05, 3.63) is 17.0 Å². The minimum atomic E-state index is 0.963. The zero-order valence-electron chi connectivity index (χ0n) is 10.3. The van der Waals surface area contributed by atoms with Crippen molar-refractivity contribution in [3.63, 3.8) is 0 Å². The van der Waals surface area contributed by atoms with Crippen molar-refractivity contribution in [1.82, 2.24) is 10.1 Å². The summed E-state index contributed by atoms with van der Waals surface area (Å²) in [6, 6.07) is 0. The van der Waals surface area contributed by atoms with E-state index in [1.54, 1.807) is 0 Å². The first-order valence-electron chi connectivity index (χ1n) is 5.83. The van der Waals surface area contributed by atoms with Crippen LogP contribution >= 0.6 is 0 Å². The van der Waals surface area contributed by atoms with Crippen LogP contribution in [0.2, 0.25) is 0 Å². The fourth-order valence-electron chi connectivity index (χ4n) is 1.85. The number of nitrogens with zero attached hydrogens (tertiary/aromatic N) is 2. The molecule has 86 valence electrons. The molecule has 0 radical (unpaired) electrons. The van der Waals surface area contributed by atoms with Gasteiger partial charge < -0.3 is 4.52 Å². The van der Waals surface area contributed by atoms with Crippen LogP contribution in [0.5, 0.6) is 0 Å². The third-order valence-corrected chi connectivity index (χ3v) is 2.64. The van der Waals surface area contributed by atoms with E-state index in [1.165, 1.54) is 18.4 Å². The van der Waals surface area contributed by atoms with Gasteiger partial charge >= 0.3 is 0 Å². The molecular formula is C12H22N2O. The van der Waals surface area contributed by atoms with E-state index < -0.39 is 0 Å². The summed E-state index contributed by atoms with van der Waals surface area (Å²) in [6.45, 7) is 11.7. The van der Waals surface area contributed by atoms with Crippen LogP contribution in [0.1, 0.15) is 43.7 Å². The van der Waals surface area contributed by atoms with Crippen LogP contribution in [0.4, 0.5) is 0 Å². The van der Waals surface area contributed by atoms with Gasteiger partial charge in [-0.15, -0.1) is 0 Å². The lowest BCUT2D eigenvalue weighted by atomic mass is 10.2. The van der Waals surface area contributed by atoms with Crippen LogP contribution in [0, 0.1) is 13.8 Å². The molecule has 0 bridgehead atoms. The summed E-state index contributed by atoms with van der Waals surface area (Å²) in [4.78, 5) is 2.46. The smallest absolute Gasteiger partial charge is 0.138 e. The Bertz CT molecular complexity index is 268. The summed E-state index contributed by atoms with van der Waals surface area (Å²) < 4.78 is 5.18. The van der Waals surface area contributed by atoms with Crippen LogP contribution < -0.4 is 0 Å². The zero-order chi connectivity index (χ0) is 11.3. The first-order valence-corrected chi connectivity index (χ1v) is 5.83. The quantitative estimate of drug-likeness (QED) is 0.723. The molecule has 0 amide bonds. The minimum Gasteiger partial charge on any atom is -0.361 e. The molecule has 3 heteroatoms. The van der Waals surface area contributed by atoms with Gasteiger partial charge in [0.1, 0.15) is 5.76 Å². The maximum Gasteiger partial charge on any atom is 0.138 e. The fourth-order valence-corrected chi connectivity index (χ4v) is 1.85. The number of hydrogen-bond acceptors (Lipinski definition) is 3. The van der Waals surface area contributed by atoms with Crippen LogP contribution in [0.25, 0.3) is 0 Å². The Morgan fingerprint density at radius 3 is 2.13 bits per heavy atom. The van der Waals surface area contributed by atoms with Gasteiger partial charge in [0.15, 0.2) is 0 Å². The van der Waals surface area contributed by atoms with E-state index >= 15 is 0 Å². The molecule has 0 N–H and O–H groups in total. The largest absolute Gasteiger partial charge is 0.361 e. The first-order chi connectivity index (χ1) is 7.19. The van der Waals surface area contributed by atoms with E-state index in [4.69, 9.17) is 4.52 Å². The summed E-state index contributed by atoms with van der Waals surface area (Å²) in [5.74, 6) is 0.963. The standard InChI is InChI=1S/C12H22N2O/c1-5-7-14(8-6-2)9-12-10(3)13-15-11(12)4/h5-9H2,1-4H3. The van der Waals surface area contributed by atoms with Crippen molar-refractivity contribution < 1.29 is 4.52 Å². The van der Waals surface area contributed by atoms with Gasteiger partial charge in [-0.2, -0.15) is 0 Å². The molecule has 1 aromatic rings. The Kier molecular flexibility index (Phi) is 4.82. The Morgan fingerprint density at radius 1 is 1.13 bits per heavy atom. The first kappa shape index (κ1) is 12.2. The van der Waals surface area contributed by atoms with E-state index in [2.05, 4.69) is 23.9 Å². The number of hydrogen-bond donors (Lipinski definition) is 0. The average Bonchev–Trinajstić information content (AvgIpc) is 2.50. The van der Waals surface area contributed by atoms with Gasteiger partial charge in [-0.25, -0.2) is 0 Å². The molecule has 3 nitrogen and oxygen atoms in total. The van der Waals surface area contributed by atoms with Crippen molar-refractivity contribution in [3.8, 4) is 0 Å². The van der Waals surface area contributed by atoms with Gasteiger partial charge in [0.2, 0.25) is 0 Å². The molecule has 0 atom stereocenters. The van der Waals surface area contributed by atoms with Gasteiger partial charge in [0.25, 0.3) is 0 Å². The van der Waals surface area contributed by atoms with E-state index in [1.807, 2.05) is 13.8 Å². The summed E-state index contributed by atoms with van der Waals surface area (Å²) in [5.41, 5.74) is 2.29. The Morgan fingerprint density at radius 2 is 1.73 bits per heavy atom. The molecule has 0 spiro atoms. The maximum atomic E-state index is 5.18. The molecule has 0 saturated heterocycles. The summed E-state index contributed by atoms with van der Waals surface area (Å²) in [7, 11) is 0. The minimum absolute atomic E-state index is 0.963. The molecule has 0 aliphatic carbocycles. The van der Waals surface area contributed by atoms with E-state index in [-0.39, 0.29) is 0 Å². The third-order valence-electron chi connectivity index (χ3n) is 2.64. The van der Waals surface area contributed by atoms with Crippen molar-refractivity contribution >= 4 is 0 Å². The average molecular weight is 210 g/mol. The van der Waals surface area contributed by atoms with E-state index in [0.29, 0.717) is 0 Å². The number of aryl methyl sites for hydroxylation is 2. The molecule has 0 fully saturated rings. The van der Waals surface area contributed by atoms with E-state index in [0.717, 1.165) is 31.1 Å². The molecule has 15 heavy (non-hydrogen) atoms. The zero-order valence-corrected chi connectivity index (χ0v) is 10.3. The SMILES string of the molecule is CCCN(CCC)Cc1c(C)noc1C. The molecule has 0 unspecified atom stereocenters. The van der Waals surface area contributed by atoms with Gasteiger partial charge in [0.05, 0.1) is 5.69 Å². The lowest BCUT2D eigenvalue weighted by Gasteiger charge is -2.20. The monoisotopic (exact) mass is 210 g/mol. The molecule has 1 rings (SSSR count). The van der Waals surface area contributed by atoms with Crippen molar-refractivity contribution in [2.24, 2.45) is 0 Å². The second-order valence-electron chi connectivity index (χ2n) is 4.08. The van der Waals surface area contributed by atoms with Crippen LogP contribution in [-0.4, -0.2) is 23.1 Å². The van der Waals surface area contributed by atoms with Gasteiger partial charge in [-0.3, -0.25) is 4.90 Å². The summed E-state index contributed by atoms with van der Waals surface area (Å²) in [6.07, 6.45) is 2.40. The van der Waals surface area contributed by atoms with Gasteiger partial charge in [-0.1, -0.05) is 19.0 Å². The predicted octanol–water partition coefficient (Wildman–Crippen LogP) is 2.91. The van der Waals surface area contributed by atoms with Gasteiger partial charge in [0, 0.05) is 12.1 Å². The highest BCUT2D eigenvalue weighted by Crippen LogP contribution is 2.15. The topological polar surface area (TPSA) is 29.3 Å². The number of aromatic nitrogens is 1. The highest BCUT2D eigenvalue weighted by atomic mass is 16.5. The van der Waals surface area contributed by atoms with Crippen molar-refractivity contribution in [2.75, 3.05) is 13.1 Å². The normalized spacial score (nSPS) is 11.3. The maximum absolute atomic E-state index is 5.18. The molecule has 0 aromatic carbocycles.